The van der Waals surface area contributed by atoms with E-state index in [-0.39, 0.29) is 150 Å². The Morgan fingerprint density at radius 3 is 0.600 bits per heavy atom. The summed E-state index contributed by atoms with van der Waals surface area (Å²) in [7, 11) is 0. The van der Waals surface area contributed by atoms with Crippen LogP contribution in [0.25, 0.3) is 0 Å². The van der Waals surface area contributed by atoms with Gasteiger partial charge in [-0.05, 0) is 0 Å². The van der Waals surface area contributed by atoms with Crippen molar-refractivity contribution < 1.29 is 127 Å². The zero-order chi connectivity index (χ0) is 0. The Morgan fingerprint density at radius 1 is 0.600 bits per heavy atom. The third-order valence-electron chi connectivity index (χ3n) is 0. The van der Waals surface area contributed by atoms with E-state index in [0.717, 1.165) is 0 Å². The van der Waals surface area contributed by atoms with Crippen LogP contribution in [0.3, 0.4) is 0 Å². The molecule has 0 fully saturated rings. The summed E-state index contributed by atoms with van der Waals surface area (Å²) in [5, 5.41) is 0. The molecule has 0 aliphatic heterocycles. The second-order valence-corrected chi connectivity index (χ2v) is 0. The Morgan fingerprint density at radius 2 is 0.600 bits per heavy atom. The van der Waals surface area contributed by atoms with Crippen LogP contribution in [0, 0.1) is 0 Å². The number of rotatable bonds is 0. The second-order valence-electron chi connectivity index (χ2n) is 0. The molecule has 12 valence electrons. The van der Waals surface area contributed by atoms with Crippen molar-refractivity contribution in [3.05, 3.63) is 0 Å². The number of hydrogen-bond donors (Lipinski definition) is 0. The monoisotopic (exact) mass is 122 g/mol. The molecule has 0 bridgehead atoms. The van der Waals surface area contributed by atoms with Crippen molar-refractivity contribution in [1.82, 2.24) is 0 Å². The van der Waals surface area contributed by atoms with E-state index in [4.69, 9.17) is 0 Å². The summed E-state index contributed by atoms with van der Waals surface area (Å²) in [4.78, 5) is 0. The molecular weight excluding hydrogens is 116 g/mol. The molecule has 0 N–H and O–H groups in total. The summed E-state index contributed by atoms with van der Waals surface area (Å²) in [6.45, 7) is 0. The van der Waals surface area contributed by atoms with Gasteiger partial charge in [0.1, 0.15) is 0 Å². The van der Waals surface area contributed by atoms with Gasteiger partial charge in [0.2, 0.25) is 0 Å². The molecule has 0 nitrogen and oxygen atoms in total. The topological polar surface area (TPSA) is 0 Å². The summed E-state index contributed by atoms with van der Waals surface area (Å²) in [6, 6.07) is 0. The first-order chi connectivity index (χ1) is 0. The zero-order valence-corrected chi connectivity index (χ0v) is 14.1. The van der Waals surface area contributed by atoms with Gasteiger partial charge < -0.3 is 8.56 Å². The van der Waals surface area contributed by atoms with Crippen LogP contribution in [0.2, 0.25) is 0 Å². The van der Waals surface area contributed by atoms with E-state index in [1.165, 1.54) is 0 Å². The van der Waals surface area contributed by atoms with Crippen LogP contribution in [-0.2, 0) is 0 Å². The molecule has 5 heteroatoms. The molecule has 0 amide bonds. The predicted octanol–water partition coefficient (Wildman–Crippen LogP) is -11.7. The van der Waals surface area contributed by atoms with Crippen molar-refractivity contribution >= 4 is 23.1 Å². The molecule has 0 aliphatic carbocycles. The molecule has 0 radical (unpaired) electrons. The SMILES string of the molecule is [H-].[H-].[H-].[H-].[H-].[H-].[Mg+2].[Na+].[Na+].[Na+].[Na+]. The fraction of sp³-hybridized carbons (Fsp3) is 0. The maximum Gasteiger partial charge on any atom is 2.00 e. The standard InChI is InChI=1S/Mg.4Na.6H/q+2;4*+1;6*-1. The first-order valence-electron chi connectivity index (χ1n) is 0. The van der Waals surface area contributed by atoms with Crippen molar-refractivity contribution in [3.8, 4) is 0 Å². The molecule has 5 heavy (non-hydrogen) atoms. The van der Waals surface area contributed by atoms with Crippen LogP contribution in [0.4, 0.5) is 0 Å². The van der Waals surface area contributed by atoms with Crippen molar-refractivity contribution in [1.29, 1.82) is 0 Å². The molecule has 0 saturated heterocycles. The first kappa shape index (κ1) is 33.0. The van der Waals surface area contributed by atoms with Crippen molar-refractivity contribution in [3.63, 3.8) is 0 Å². The maximum atomic E-state index is 0. The smallest absolute Gasteiger partial charge is 1.00 e. The fourth-order valence-corrected chi connectivity index (χ4v) is 0. The van der Waals surface area contributed by atoms with E-state index in [0.29, 0.717) is 0 Å². The minimum atomic E-state index is 0. The van der Waals surface area contributed by atoms with Gasteiger partial charge in [0.15, 0.2) is 0 Å². The minimum Gasteiger partial charge on any atom is -1.00 e. The van der Waals surface area contributed by atoms with Gasteiger partial charge in [-0.25, -0.2) is 0 Å². The van der Waals surface area contributed by atoms with E-state index < -0.39 is 0 Å². The van der Waals surface area contributed by atoms with Gasteiger partial charge in [-0.2, -0.15) is 0 Å². The van der Waals surface area contributed by atoms with E-state index in [2.05, 4.69) is 0 Å². The zero-order valence-electron chi connectivity index (χ0n) is 10.7. The molecule has 0 atom stereocenters. The van der Waals surface area contributed by atoms with Gasteiger partial charge >= 0.3 is 141 Å². The van der Waals surface area contributed by atoms with Crippen molar-refractivity contribution in [2.75, 3.05) is 0 Å². The quantitative estimate of drug-likeness (QED) is 0.280. The van der Waals surface area contributed by atoms with E-state index >= 15 is 0 Å². The van der Waals surface area contributed by atoms with Gasteiger partial charge in [0.05, 0.1) is 0 Å². The predicted molar refractivity (Wildman–Crippen MR) is 12.4 cm³/mol. The summed E-state index contributed by atoms with van der Waals surface area (Å²) in [6.07, 6.45) is 0. The van der Waals surface area contributed by atoms with E-state index in [1.807, 2.05) is 0 Å². The molecule has 0 spiro atoms. The van der Waals surface area contributed by atoms with Crippen LogP contribution < -0.4 is 118 Å². The molecule has 0 aliphatic rings. The second kappa shape index (κ2) is 23.3. The molecule has 0 unspecified atom stereocenters. The average Bonchev–Trinajstić information content (AvgIpc) is 0. The molecular formula is H6MgNa4. The van der Waals surface area contributed by atoms with Gasteiger partial charge in [-0.3, -0.25) is 0 Å². The molecule has 0 heterocycles. The van der Waals surface area contributed by atoms with Crippen LogP contribution in [0.1, 0.15) is 8.56 Å². The van der Waals surface area contributed by atoms with Crippen LogP contribution in [0.5, 0.6) is 0 Å². The summed E-state index contributed by atoms with van der Waals surface area (Å²) in [5.41, 5.74) is 0. The fourth-order valence-electron chi connectivity index (χ4n) is 0. The Kier molecular flexibility index (Phi) is 154. The van der Waals surface area contributed by atoms with Gasteiger partial charge in [0, 0.05) is 0 Å². The first-order valence-corrected chi connectivity index (χ1v) is 0. The molecule has 0 aromatic rings. The molecule has 0 aromatic carbocycles. The summed E-state index contributed by atoms with van der Waals surface area (Å²) < 4.78 is 0. The van der Waals surface area contributed by atoms with Crippen molar-refractivity contribution in [2.45, 2.75) is 0 Å². The third kappa shape index (κ3) is 17.7. The van der Waals surface area contributed by atoms with E-state index in [1.54, 1.807) is 0 Å². The normalized spacial score (nSPS) is 0. The Labute approximate surface area is 146 Å². The molecule has 0 rings (SSSR count). The third-order valence-corrected chi connectivity index (χ3v) is 0. The molecule has 0 aromatic heterocycles. The van der Waals surface area contributed by atoms with Gasteiger partial charge in [0.25, 0.3) is 0 Å². The average molecular weight is 122 g/mol. The Hall–Kier alpha value is 4.77. The van der Waals surface area contributed by atoms with Gasteiger partial charge in [-0.15, -0.1) is 0 Å². The van der Waals surface area contributed by atoms with Gasteiger partial charge in [-0.1, -0.05) is 0 Å². The summed E-state index contributed by atoms with van der Waals surface area (Å²) >= 11 is 0. The van der Waals surface area contributed by atoms with Crippen LogP contribution in [0.15, 0.2) is 0 Å². The van der Waals surface area contributed by atoms with E-state index in [9.17, 15) is 0 Å². The summed E-state index contributed by atoms with van der Waals surface area (Å²) in [5.74, 6) is 0. The minimum absolute atomic E-state index is 0. The van der Waals surface area contributed by atoms with Crippen LogP contribution >= 0.6 is 0 Å². The molecule has 0 saturated carbocycles. The maximum absolute atomic E-state index is 0. The van der Waals surface area contributed by atoms with Crippen LogP contribution in [-0.4, -0.2) is 23.1 Å². The Balaban J connectivity index is 0. The Bertz CT molecular complexity index is 14.5. The number of hydrogen-bond acceptors (Lipinski definition) is 0. The van der Waals surface area contributed by atoms with Crippen molar-refractivity contribution in [2.24, 2.45) is 0 Å². The largest absolute Gasteiger partial charge is 2.00 e.